The molecular formula is C23H27N3O5. The van der Waals surface area contributed by atoms with Gasteiger partial charge in [0.05, 0.1) is 19.3 Å². The molecule has 2 aromatic carbocycles. The molecule has 1 heterocycles. The summed E-state index contributed by atoms with van der Waals surface area (Å²) in [5, 5.41) is 13.1. The van der Waals surface area contributed by atoms with Crippen LogP contribution in [0.5, 0.6) is 5.75 Å². The molecule has 8 heteroatoms. The van der Waals surface area contributed by atoms with Crippen LogP contribution in [0, 0.1) is 0 Å². The smallest absolute Gasteiger partial charge is 0.317 e. The number of methoxy groups -OCH3 is 1. The van der Waals surface area contributed by atoms with Crippen LogP contribution in [0.15, 0.2) is 47.0 Å². The zero-order valence-electron chi connectivity index (χ0n) is 18.2. The van der Waals surface area contributed by atoms with E-state index in [9.17, 15) is 4.79 Å². The average molecular weight is 425 g/mol. The first-order chi connectivity index (χ1) is 14.9. The van der Waals surface area contributed by atoms with Crippen molar-refractivity contribution in [3.8, 4) is 28.6 Å². The van der Waals surface area contributed by atoms with Crippen LogP contribution in [0.2, 0.25) is 0 Å². The molecule has 0 amide bonds. The van der Waals surface area contributed by atoms with Crippen molar-refractivity contribution < 1.29 is 23.9 Å². The Balaban J connectivity index is 1.82. The first kappa shape index (κ1) is 22.5. The highest BCUT2D eigenvalue weighted by Crippen LogP contribution is 2.29. The van der Waals surface area contributed by atoms with Gasteiger partial charge in [0, 0.05) is 30.3 Å². The first-order valence-corrected chi connectivity index (χ1v) is 9.98. The Bertz CT molecular complexity index is 1030. The fourth-order valence-electron chi connectivity index (χ4n) is 3.21. The van der Waals surface area contributed by atoms with Gasteiger partial charge in [-0.25, -0.2) is 0 Å². The average Bonchev–Trinajstić information content (AvgIpc) is 3.19. The monoisotopic (exact) mass is 425 g/mol. The lowest BCUT2D eigenvalue weighted by Crippen LogP contribution is -2.25. The number of aromatic nitrogens is 2. The van der Waals surface area contributed by atoms with E-state index in [-0.39, 0.29) is 12.6 Å². The van der Waals surface area contributed by atoms with Crippen molar-refractivity contribution in [2.24, 2.45) is 0 Å². The molecule has 3 aromatic rings. The van der Waals surface area contributed by atoms with Gasteiger partial charge in [0.2, 0.25) is 5.82 Å². The highest BCUT2D eigenvalue weighted by Gasteiger charge is 2.15. The van der Waals surface area contributed by atoms with Crippen LogP contribution in [0.4, 0.5) is 0 Å². The lowest BCUT2D eigenvalue weighted by Gasteiger charge is -2.14. The van der Waals surface area contributed by atoms with Gasteiger partial charge in [0.25, 0.3) is 5.89 Å². The van der Waals surface area contributed by atoms with Crippen molar-refractivity contribution >= 4 is 5.97 Å². The second-order valence-electron chi connectivity index (χ2n) is 7.61. The van der Waals surface area contributed by atoms with Gasteiger partial charge in [-0.3, -0.25) is 9.69 Å². The number of ether oxygens (including phenoxy) is 2. The molecule has 8 nitrogen and oxygen atoms in total. The number of hydrogen-bond acceptors (Lipinski definition) is 7. The van der Waals surface area contributed by atoms with Crippen LogP contribution in [0.25, 0.3) is 22.8 Å². The lowest BCUT2D eigenvalue weighted by molar-refractivity contribution is -0.138. The highest BCUT2D eigenvalue weighted by atomic mass is 16.5. The Morgan fingerprint density at radius 1 is 1.19 bits per heavy atom. The molecule has 0 atom stereocenters. The molecule has 0 saturated heterocycles. The maximum atomic E-state index is 10.9. The number of carboxylic acid groups (broad SMARTS) is 1. The molecule has 3 rings (SSSR count). The number of aliphatic carboxylic acids is 1. The van der Waals surface area contributed by atoms with Crippen molar-refractivity contribution in [2.75, 3.05) is 20.7 Å². The number of likely N-dealkylation sites (N-methyl/N-ethyl adjacent to an activating group) is 1. The maximum absolute atomic E-state index is 10.9. The molecule has 164 valence electrons. The zero-order valence-corrected chi connectivity index (χ0v) is 18.2. The van der Waals surface area contributed by atoms with Crippen LogP contribution in [0.3, 0.4) is 0 Å². The summed E-state index contributed by atoms with van der Waals surface area (Å²) in [6.45, 7) is 4.83. The van der Waals surface area contributed by atoms with Crippen molar-refractivity contribution in [3.63, 3.8) is 0 Å². The molecule has 1 aromatic heterocycles. The molecule has 0 saturated carbocycles. The van der Waals surface area contributed by atoms with E-state index in [0.717, 1.165) is 28.0 Å². The Morgan fingerprint density at radius 2 is 2.00 bits per heavy atom. The summed E-state index contributed by atoms with van der Waals surface area (Å²) < 4.78 is 16.6. The van der Waals surface area contributed by atoms with Gasteiger partial charge < -0.3 is 19.1 Å². The van der Waals surface area contributed by atoms with E-state index < -0.39 is 5.97 Å². The van der Waals surface area contributed by atoms with E-state index in [0.29, 0.717) is 24.9 Å². The summed E-state index contributed by atoms with van der Waals surface area (Å²) in [5.41, 5.74) is 3.44. The summed E-state index contributed by atoms with van der Waals surface area (Å²) >= 11 is 0. The fraction of sp³-hybridized carbons (Fsp3) is 0.348. The van der Waals surface area contributed by atoms with E-state index in [1.165, 1.54) is 0 Å². The fourth-order valence-corrected chi connectivity index (χ4v) is 3.21. The third-order valence-corrected chi connectivity index (χ3v) is 4.44. The minimum Gasteiger partial charge on any atom is -0.491 e. The Labute approximate surface area is 181 Å². The predicted octanol–water partition coefficient (Wildman–Crippen LogP) is 3.85. The van der Waals surface area contributed by atoms with Crippen molar-refractivity contribution in [3.05, 3.63) is 53.6 Å². The highest BCUT2D eigenvalue weighted by molar-refractivity contribution is 5.69. The number of benzene rings is 2. The Hall–Kier alpha value is -3.23. The van der Waals surface area contributed by atoms with Gasteiger partial charge in [0.15, 0.2) is 0 Å². The molecular weight excluding hydrogens is 398 g/mol. The molecule has 0 unspecified atom stereocenters. The van der Waals surface area contributed by atoms with E-state index >= 15 is 0 Å². The normalized spacial score (nSPS) is 11.3. The number of carboxylic acids is 1. The van der Waals surface area contributed by atoms with Gasteiger partial charge in [-0.15, -0.1) is 0 Å². The predicted molar refractivity (Wildman–Crippen MR) is 116 cm³/mol. The van der Waals surface area contributed by atoms with Crippen LogP contribution in [0.1, 0.15) is 25.0 Å². The lowest BCUT2D eigenvalue weighted by atomic mass is 10.1. The second-order valence-corrected chi connectivity index (χ2v) is 7.61. The summed E-state index contributed by atoms with van der Waals surface area (Å²) in [5.74, 6) is 0.767. The standard InChI is InChI=1S/C23H27N3O5/c1-15(2)30-20-9-8-18(11-19(20)14-29-4)23-24-22(25-31-23)17-7-5-6-16(10-17)12-26(3)13-21(27)28/h5-11,15H,12-14H2,1-4H3,(H,27,28). The Morgan fingerprint density at radius 3 is 2.71 bits per heavy atom. The van der Waals surface area contributed by atoms with E-state index in [1.807, 2.05) is 56.3 Å². The number of carbonyl (C=O) groups is 1. The number of nitrogens with zero attached hydrogens (tertiary/aromatic N) is 3. The van der Waals surface area contributed by atoms with Gasteiger partial charge in [-0.2, -0.15) is 4.98 Å². The topological polar surface area (TPSA) is 97.9 Å². The molecule has 31 heavy (non-hydrogen) atoms. The molecule has 0 aliphatic carbocycles. The molecule has 0 spiro atoms. The third kappa shape index (κ3) is 6.13. The molecule has 0 bridgehead atoms. The SMILES string of the molecule is COCc1cc(-c2nc(-c3cccc(CN(C)CC(=O)O)c3)no2)ccc1OC(C)C. The van der Waals surface area contributed by atoms with E-state index in [4.69, 9.17) is 19.1 Å². The Kier molecular flexibility index (Phi) is 7.38. The quantitative estimate of drug-likeness (QED) is 0.523. The molecule has 0 aliphatic heterocycles. The van der Waals surface area contributed by atoms with E-state index in [2.05, 4.69) is 10.1 Å². The van der Waals surface area contributed by atoms with Crippen LogP contribution >= 0.6 is 0 Å². The zero-order chi connectivity index (χ0) is 22.4. The maximum Gasteiger partial charge on any atom is 0.317 e. The van der Waals surface area contributed by atoms with Gasteiger partial charge >= 0.3 is 5.97 Å². The third-order valence-electron chi connectivity index (χ3n) is 4.44. The second kappa shape index (κ2) is 10.2. The molecule has 1 N–H and O–H groups in total. The van der Waals surface area contributed by atoms with Crippen LogP contribution in [-0.4, -0.2) is 52.9 Å². The first-order valence-electron chi connectivity index (χ1n) is 9.98. The van der Waals surface area contributed by atoms with E-state index in [1.54, 1.807) is 19.1 Å². The minimum atomic E-state index is -0.862. The summed E-state index contributed by atoms with van der Waals surface area (Å²) in [6, 6.07) is 13.3. The van der Waals surface area contributed by atoms with Crippen molar-refractivity contribution in [1.82, 2.24) is 15.0 Å². The minimum absolute atomic E-state index is 0.0308. The molecule has 0 aliphatic rings. The van der Waals surface area contributed by atoms with Crippen molar-refractivity contribution in [1.29, 1.82) is 0 Å². The van der Waals surface area contributed by atoms with Gasteiger partial charge in [-0.05, 0) is 50.7 Å². The van der Waals surface area contributed by atoms with Gasteiger partial charge in [-0.1, -0.05) is 23.4 Å². The molecule has 0 fully saturated rings. The van der Waals surface area contributed by atoms with Crippen LogP contribution < -0.4 is 4.74 Å². The van der Waals surface area contributed by atoms with Crippen molar-refractivity contribution in [2.45, 2.75) is 33.1 Å². The largest absolute Gasteiger partial charge is 0.491 e. The summed E-state index contributed by atoms with van der Waals surface area (Å²) in [4.78, 5) is 17.1. The number of hydrogen-bond donors (Lipinski definition) is 1. The summed E-state index contributed by atoms with van der Waals surface area (Å²) in [7, 11) is 3.40. The van der Waals surface area contributed by atoms with Crippen LogP contribution in [-0.2, 0) is 22.7 Å². The molecule has 0 radical (unpaired) electrons. The summed E-state index contributed by atoms with van der Waals surface area (Å²) in [6.07, 6.45) is 0.0540. The number of rotatable bonds is 10. The van der Waals surface area contributed by atoms with Gasteiger partial charge in [0.1, 0.15) is 5.75 Å².